The summed E-state index contributed by atoms with van der Waals surface area (Å²) in [5.74, 6) is 2.34. The van der Waals surface area contributed by atoms with Crippen LogP contribution in [0.4, 0.5) is 5.69 Å². The fourth-order valence-electron chi connectivity index (χ4n) is 5.67. The monoisotopic (exact) mass is 507 g/mol. The molecular formula is C29H37N3O3S. The maximum atomic E-state index is 13.2. The third kappa shape index (κ3) is 4.76. The molecule has 1 amide bonds. The number of imidazole rings is 1. The first-order valence-electron chi connectivity index (χ1n) is 12.6. The molecular weight excluding hydrogens is 470 g/mol. The first kappa shape index (κ1) is 26.2. The molecule has 1 aliphatic carbocycles. The summed E-state index contributed by atoms with van der Waals surface area (Å²) in [6.45, 7) is 11.9. The maximum absolute atomic E-state index is 13.2. The molecule has 0 unspecified atom stereocenters. The number of anilines is 1. The Morgan fingerprint density at radius 1 is 1.14 bits per heavy atom. The van der Waals surface area contributed by atoms with Crippen molar-refractivity contribution in [2.45, 2.75) is 89.1 Å². The number of hydrogen-bond acceptors (Lipinski definition) is 4. The lowest BCUT2D eigenvalue weighted by Gasteiger charge is -2.44. The number of hydrogen-bond donors (Lipinski definition) is 2. The zero-order valence-corrected chi connectivity index (χ0v) is 23.0. The van der Waals surface area contributed by atoms with Gasteiger partial charge in [0.15, 0.2) is 15.7 Å². The van der Waals surface area contributed by atoms with Crippen molar-refractivity contribution in [1.29, 1.82) is 0 Å². The molecule has 36 heavy (non-hydrogen) atoms. The predicted molar refractivity (Wildman–Crippen MR) is 146 cm³/mol. The van der Waals surface area contributed by atoms with Crippen molar-refractivity contribution in [3.63, 3.8) is 0 Å². The van der Waals surface area contributed by atoms with Crippen molar-refractivity contribution in [3.05, 3.63) is 53.1 Å². The van der Waals surface area contributed by atoms with Crippen molar-refractivity contribution >= 4 is 27.0 Å². The van der Waals surface area contributed by atoms with Crippen molar-refractivity contribution in [2.24, 2.45) is 5.41 Å². The highest BCUT2D eigenvalue weighted by atomic mass is 32.2. The summed E-state index contributed by atoms with van der Waals surface area (Å²) in [4.78, 5) is 19.9. The summed E-state index contributed by atoms with van der Waals surface area (Å²) < 4.78 is 24.7. The minimum absolute atomic E-state index is 0.103. The van der Waals surface area contributed by atoms with Crippen LogP contribution in [0.5, 0.6) is 0 Å². The fraction of sp³-hybridized carbons (Fsp3) is 0.517. The van der Waals surface area contributed by atoms with Gasteiger partial charge in [-0.05, 0) is 100 Å². The molecule has 0 spiro atoms. The van der Waals surface area contributed by atoms with E-state index in [4.69, 9.17) is 6.42 Å². The first-order valence-corrected chi connectivity index (χ1v) is 14.1. The van der Waals surface area contributed by atoms with Crippen LogP contribution < -0.4 is 5.32 Å². The van der Waals surface area contributed by atoms with Crippen LogP contribution in [-0.2, 0) is 9.84 Å². The number of carbonyl (C=O) groups is 1. The van der Waals surface area contributed by atoms with Crippen LogP contribution in [0.15, 0.2) is 30.5 Å². The number of sulfone groups is 1. The van der Waals surface area contributed by atoms with Gasteiger partial charge < -0.3 is 10.3 Å². The minimum Gasteiger partial charge on any atom is -0.339 e. The number of nitrogens with one attached hydrogen (secondary N) is 2. The Balaban J connectivity index is 1.73. The lowest BCUT2D eigenvalue weighted by Crippen LogP contribution is -2.51. The fourth-order valence-corrected chi connectivity index (χ4v) is 8.00. The Labute approximate surface area is 215 Å². The number of nitrogens with zero attached hydrogens (tertiary/aromatic N) is 1. The molecule has 1 aromatic heterocycles. The topological polar surface area (TPSA) is 91.9 Å². The van der Waals surface area contributed by atoms with E-state index in [1.165, 1.54) is 11.8 Å². The summed E-state index contributed by atoms with van der Waals surface area (Å²) in [5.41, 5.74) is 4.65. The molecule has 6 nitrogen and oxygen atoms in total. The molecule has 1 aliphatic heterocycles. The molecule has 4 rings (SSSR count). The summed E-state index contributed by atoms with van der Waals surface area (Å²) >= 11 is 0. The zero-order chi connectivity index (χ0) is 26.5. The van der Waals surface area contributed by atoms with Gasteiger partial charge in [-0.15, -0.1) is 6.42 Å². The van der Waals surface area contributed by atoms with Crippen molar-refractivity contribution in [2.75, 3.05) is 5.32 Å². The van der Waals surface area contributed by atoms with Crippen molar-refractivity contribution in [1.82, 2.24) is 9.97 Å². The number of carbonyl (C=O) groups excluding carboxylic acids is 1. The number of amides is 1. The molecule has 1 aromatic carbocycles. The van der Waals surface area contributed by atoms with E-state index < -0.39 is 19.3 Å². The molecule has 0 atom stereocenters. The van der Waals surface area contributed by atoms with Crippen LogP contribution >= 0.6 is 0 Å². The molecule has 2 aliphatic rings. The van der Waals surface area contributed by atoms with E-state index in [-0.39, 0.29) is 23.1 Å². The molecule has 0 saturated carbocycles. The summed E-state index contributed by atoms with van der Waals surface area (Å²) in [6, 6.07) is 6.12. The Bertz CT molecular complexity index is 1350. The lowest BCUT2D eigenvalue weighted by molar-refractivity contribution is 0.101. The van der Waals surface area contributed by atoms with E-state index in [1.54, 1.807) is 0 Å². The molecule has 2 aromatic rings. The third-order valence-electron chi connectivity index (χ3n) is 7.95. The second-order valence-electron chi connectivity index (χ2n) is 12.3. The normalized spacial score (nSPS) is 22.3. The molecule has 7 heteroatoms. The highest BCUT2D eigenvalue weighted by Gasteiger charge is 2.52. The van der Waals surface area contributed by atoms with Crippen LogP contribution in [-0.4, -0.2) is 33.8 Å². The standard InChI is InChI=1S/C29H37N3O3S/c1-8-22-18-30-25(31-22)26(33)32-24-10-9-20(15-23(24)19-11-13-27(2,3)14-12-19)21-16-28(4,5)36(34,35)29(6,7)17-21/h1,9-11,15,18,21H,12-14,16-17H2,2-7H3,(H,30,31)(H,32,33). The zero-order valence-electron chi connectivity index (χ0n) is 22.2. The number of aromatic nitrogens is 2. The molecule has 1 fully saturated rings. The van der Waals surface area contributed by atoms with E-state index >= 15 is 0 Å². The lowest BCUT2D eigenvalue weighted by atomic mass is 9.76. The van der Waals surface area contributed by atoms with Gasteiger partial charge >= 0.3 is 0 Å². The van der Waals surface area contributed by atoms with Gasteiger partial charge in [0.05, 0.1) is 9.49 Å². The van der Waals surface area contributed by atoms with E-state index in [0.29, 0.717) is 18.5 Å². The Hall–Kier alpha value is -2.85. The average Bonchev–Trinajstić information content (AvgIpc) is 3.27. The number of benzene rings is 1. The largest absolute Gasteiger partial charge is 0.339 e. The van der Waals surface area contributed by atoms with Crippen LogP contribution in [0.2, 0.25) is 0 Å². The van der Waals surface area contributed by atoms with Gasteiger partial charge in [-0.2, -0.15) is 0 Å². The first-order chi connectivity index (χ1) is 16.7. The van der Waals surface area contributed by atoms with Crippen molar-refractivity contribution < 1.29 is 13.2 Å². The van der Waals surface area contributed by atoms with Crippen LogP contribution in [0.3, 0.4) is 0 Å². The molecule has 1 saturated heterocycles. The smallest absolute Gasteiger partial charge is 0.291 e. The van der Waals surface area contributed by atoms with Crippen LogP contribution in [0.25, 0.3) is 5.57 Å². The summed E-state index contributed by atoms with van der Waals surface area (Å²) in [5, 5.41) is 3.02. The van der Waals surface area contributed by atoms with Gasteiger partial charge in [-0.25, -0.2) is 13.4 Å². The molecule has 0 radical (unpaired) electrons. The Kier molecular flexibility index (Phi) is 6.49. The van der Waals surface area contributed by atoms with Gasteiger partial charge in [0.25, 0.3) is 5.91 Å². The number of rotatable bonds is 4. The number of H-pyrrole nitrogens is 1. The van der Waals surface area contributed by atoms with Gasteiger partial charge in [-0.3, -0.25) is 4.79 Å². The second-order valence-corrected chi connectivity index (χ2v) is 15.5. The SMILES string of the molecule is C#Cc1c[nH]c(C(=O)Nc2ccc(C3CC(C)(C)S(=O)(=O)C(C)(C)C3)cc2C2=CCC(C)(C)CC2)n1. The second kappa shape index (κ2) is 8.92. The Morgan fingerprint density at radius 2 is 1.81 bits per heavy atom. The van der Waals surface area contributed by atoms with Gasteiger partial charge in [0.1, 0.15) is 5.69 Å². The third-order valence-corrected chi connectivity index (χ3v) is 11.2. The molecule has 2 N–H and O–H groups in total. The maximum Gasteiger partial charge on any atom is 0.291 e. The Morgan fingerprint density at radius 3 is 2.36 bits per heavy atom. The number of aromatic amines is 1. The highest BCUT2D eigenvalue weighted by Crippen LogP contribution is 2.49. The quantitative estimate of drug-likeness (QED) is 0.490. The summed E-state index contributed by atoms with van der Waals surface area (Å²) in [6.07, 6.45) is 13.3. The van der Waals surface area contributed by atoms with Crippen LogP contribution in [0.1, 0.15) is 107 Å². The number of terminal acetylenes is 1. The van der Waals surface area contributed by atoms with E-state index in [1.807, 2.05) is 39.8 Å². The van der Waals surface area contributed by atoms with Crippen LogP contribution in [0, 0.1) is 17.8 Å². The van der Waals surface area contributed by atoms with E-state index in [2.05, 4.69) is 47.2 Å². The van der Waals surface area contributed by atoms with E-state index in [0.717, 1.165) is 36.1 Å². The molecule has 192 valence electrons. The van der Waals surface area contributed by atoms with Gasteiger partial charge in [0.2, 0.25) is 0 Å². The van der Waals surface area contributed by atoms with Gasteiger partial charge in [0, 0.05) is 17.4 Å². The summed E-state index contributed by atoms with van der Waals surface area (Å²) in [7, 11) is -3.27. The average molecular weight is 508 g/mol. The number of allylic oxidation sites excluding steroid dienone is 2. The van der Waals surface area contributed by atoms with E-state index in [9.17, 15) is 13.2 Å². The van der Waals surface area contributed by atoms with Gasteiger partial charge in [-0.1, -0.05) is 26.0 Å². The molecule has 0 bridgehead atoms. The minimum atomic E-state index is -3.27. The highest BCUT2D eigenvalue weighted by molar-refractivity contribution is 7.94. The predicted octanol–water partition coefficient (Wildman–Crippen LogP) is 6.09. The molecule has 2 heterocycles. The van der Waals surface area contributed by atoms with Crippen molar-refractivity contribution in [3.8, 4) is 12.3 Å².